The molecule has 6 nitrogen and oxygen atoms in total. The van der Waals surface area contributed by atoms with Crippen molar-refractivity contribution in [3.63, 3.8) is 0 Å². The van der Waals surface area contributed by atoms with Gasteiger partial charge in [0.05, 0.1) is 18.0 Å². The maximum atomic E-state index is 12.8. The molecule has 0 saturated carbocycles. The topological polar surface area (TPSA) is 76.9 Å². The average molecular weight is 455 g/mol. The van der Waals surface area contributed by atoms with E-state index in [-0.39, 0.29) is 11.4 Å². The third-order valence-corrected chi connectivity index (χ3v) is 6.93. The van der Waals surface area contributed by atoms with E-state index in [4.69, 9.17) is 11.6 Å². The van der Waals surface area contributed by atoms with Crippen LogP contribution < -0.4 is 4.72 Å². The summed E-state index contributed by atoms with van der Waals surface area (Å²) >= 11 is 6.34. The Kier molecular flexibility index (Phi) is 6.09. The Morgan fingerprint density at radius 1 is 1.03 bits per heavy atom. The first-order chi connectivity index (χ1) is 14.8. The lowest BCUT2D eigenvalue weighted by atomic mass is 10.0. The summed E-state index contributed by atoms with van der Waals surface area (Å²) in [6.45, 7) is 4.61. The highest BCUT2D eigenvalue weighted by Gasteiger charge is 2.18. The quantitative estimate of drug-likeness (QED) is 0.437. The highest BCUT2D eigenvalue weighted by Crippen LogP contribution is 2.22. The second-order valence-electron chi connectivity index (χ2n) is 7.60. The smallest absolute Gasteiger partial charge is 0.240 e. The predicted octanol–water partition coefficient (Wildman–Crippen LogP) is 4.73. The summed E-state index contributed by atoms with van der Waals surface area (Å²) in [6, 6.07) is 18.2. The zero-order valence-corrected chi connectivity index (χ0v) is 18.9. The number of aromatic nitrogens is 3. The van der Waals surface area contributed by atoms with E-state index in [0.717, 1.165) is 11.1 Å². The van der Waals surface area contributed by atoms with Crippen molar-refractivity contribution in [1.29, 1.82) is 0 Å². The number of nitrogens with zero attached hydrogens (tertiary/aromatic N) is 3. The van der Waals surface area contributed by atoms with Gasteiger partial charge in [-0.3, -0.25) is 0 Å². The van der Waals surface area contributed by atoms with Crippen molar-refractivity contribution in [2.24, 2.45) is 0 Å². The first-order valence-electron chi connectivity index (χ1n) is 9.98. The number of halogens is 1. The van der Waals surface area contributed by atoms with Crippen LogP contribution in [0.4, 0.5) is 0 Å². The fraction of sp³-hybridized carbons (Fsp3) is 0.217. The van der Waals surface area contributed by atoms with Crippen LogP contribution in [0.2, 0.25) is 5.02 Å². The first-order valence-corrected chi connectivity index (χ1v) is 11.8. The lowest BCUT2D eigenvalue weighted by molar-refractivity contribution is 0.576. The Labute approximate surface area is 187 Å². The summed E-state index contributed by atoms with van der Waals surface area (Å²) in [7, 11) is -3.69. The van der Waals surface area contributed by atoms with Crippen molar-refractivity contribution in [3.05, 3.63) is 88.8 Å². The largest absolute Gasteiger partial charge is 0.307 e. The molecule has 0 bridgehead atoms. The molecule has 2 aromatic carbocycles. The molecule has 0 atom stereocenters. The summed E-state index contributed by atoms with van der Waals surface area (Å²) in [6.07, 6.45) is 1.69. The number of imidazole rings is 1. The lowest BCUT2D eigenvalue weighted by Gasteiger charge is -2.12. The van der Waals surface area contributed by atoms with Gasteiger partial charge in [0.1, 0.15) is 11.3 Å². The van der Waals surface area contributed by atoms with Crippen LogP contribution in [0.5, 0.6) is 0 Å². The van der Waals surface area contributed by atoms with Crippen LogP contribution in [-0.4, -0.2) is 23.0 Å². The molecular weight excluding hydrogens is 432 g/mol. The normalized spacial score (nSPS) is 12.0. The van der Waals surface area contributed by atoms with Crippen molar-refractivity contribution >= 4 is 32.8 Å². The minimum absolute atomic E-state index is 0.0368. The maximum absolute atomic E-state index is 12.8. The number of rotatable bonds is 7. The number of hydrogen-bond acceptors (Lipinski definition) is 4. The molecule has 8 heteroatoms. The molecule has 0 fully saturated rings. The van der Waals surface area contributed by atoms with Gasteiger partial charge in [0.2, 0.25) is 10.0 Å². The Morgan fingerprint density at radius 3 is 2.48 bits per heavy atom. The monoisotopic (exact) mass is 454 g/mol. The first kappa shape index (κ1) is 21.5. The van der Waals surface area contributed by atoms with Gasteiger partial charge >= 0.3 is 0 Å². The molecule has 2 aromatic heterocycles. The summed E-state index contributed by atoms with van der Waals surface area (Å²) in [5, 5.41) is 0.636. The molecule has 31 heavy (non-hydrogen) atoms. The highest BCUT2D eigenvalue weighted by atomic mass is 35.5. The third kappa shape index (κ3) is 4.63. The minimum atomic E-state index is -3.69. The van der Waals surface area contributed by atoms with Gasteiger partial charge in [-0.2, -0.15) is 0 Å². The molecule has 0 aliphatic rings. The molecule has 0 amide bonds. The second kappa shape index (κ2) is 8.78. The number of sulfonamides is 1. The van der Waals surface area contributed by atoms with Gasteiger partial charge in [-0.1, -0.05) is 55.8 Å². The fourth-order valence-corrected chi connectivity index (χ4v) is 4.55. The number of benzene rings is 2. The van der Waals surface area contributed by atoms with E-state index in [1.807, 2.05) is 47.0 Å². The van der Waals surface area contributed by atoms with Crippen molar-refractivity contribution in [2.45, 2.75) is 37.8 Å². The van der Waals surface area contributed by atoms with Gasteiger partial charge in [-0.25, -0.2) is 23.1 Å². The number of fused-ring (bicyclic) bond motifs is 1. The molecule has 4 aromatic rings. The van der Waals surface area contributed by atoms with Crippen LogP contribution in [0.3, 0.4) is 0 Å². The average Bonchev–Trinajstić information content (AvgIpc) is 3.11. The number of hydrogen-bond donors (Lipinski definition) is 1. The molecule has 1 N–H and O–H groups in total. The summed E-state index contributed by atoms with van der Waals surface area (Å²) < 4.78 is 30.2. The van der Waals surface area contributed by atoms with Crippen LogP contribution >= 0.6 is 11.6 Å². The molecule has 0 saturated heterocycles. The van der Waals surface area contributed by atoms with Gasteiger partial charge in [-0.15, -0.1) is 0 Å². The number of nitrogens with one attached hydrogen (secondary N) is 1. The Morgan fingerprint density at radius 2 is 1.77 bits per heavy atom. The Bertz CT molecular complexity index is 1320. The molecule has 160 valence electrons. The molecule has 0 radical (unpaired) electrons. The SMILES string of the molecule is CC(C)c1ccc(S(=O)(=O)NCc2nc3cccnc3n2Cc2ccccc2Cl)cc1. The molecule has 0 spiro atoms. The van der Waals surface area contributed by atoms with Crippen LogP contribution in [0.25, 0.3) is 11.2 Å². The van der Waals surface area contributed by atoms with Crippen molar-refractivity contribution in [3.8, 4) is 0 Å². The standard InChI is InChI=1S/C23H23ClN4O2S/c1-16(2)17-9-11-19(12-10-17)31(29,30)26-14-22-27-21-8-5-13-25-23(21)28(22)15-18-6-3-4-7-20(18)24/h3-13,16,26H,14-15H2,1-2H3. The zero-order chi connectivity index (χ0) is 22.0. The van der Waals surface area contributed by atoms with Gasteiger partial charge in [0, 0.05) is 11.2 Å². The van der Waals surface area contributed by atoms with Gasteiger partial charge in [0.15, 0.2) is 5.65 Å². The summed E-state index contributed by atoms with van der Waals surface area (Å²) in [5.41, 5.74) is 3.37. The highest BCUT2D eigenvalue weighted by molar-refractivity contribution is 7.89. The van der Waals surface area contributed by atoms with Crippen molar-refractivity contribution in [2.75, 3.05) is 0 Å². The minimum Gasteiger partial charge on any atom is -0.307 e. The van der Waals surface area contributed by atoms with Crippen molar-refractivity contribution in [1.82, 2.24) is 19.3 Å². The Balaban J connectivity index is 1.63. The van der Waals surface area contributed by atoms with E-state index in [9.17, 15) is 8.42 Å². The van der Waals surface area contributed by atoms with Gasteiger partial charge in [-0.05, 0) is 47.4 Å². The predicted molar refractivity (Wildman–Crippen MR) is 123 cm³/mol. The van der Waals surface area contributed by atoms with E-state index in [2.05, 4.69) is 28.5 Å². The van der Waals surface area contributed by atoms with E-state index < -0.39 is 10.0 Å². The lowest BCUT2D eigenvalue weighted by Crippen LogP contribution is -2.25. The molecular formula is C23H23ClN4O2S. The second-order valence-corrected chi connectivity index (χ2v) is 9.77. The number of pyridine rings is 1. The molecule has 0 aliphatic carbocycles. The zero-order valence-electron chi connectivity index (χ0n) is 17.3. The van der Waals surface area contributed by atoms with E-state index in [0.29, 0.717) is 34.5 Å². The summed E-state index contributed by atoms with van der Waals surface area (Å²) in [4.78, 5) is 9.27. The van der Waals surface area contributed by atoms with Crippen LogP contribution in [0, 0.1) is 0 Å². The molecule has 0 aliphatic heterocycles. The fourth-order valence-electron chi connectivity index (χ4n) is 3.38. The maximum Gasteiger partial charge on any atom is 0.240 e. The molecule has 2 heterocycles. The van der Waals surface area contributed by atoms with E-state index in [1.165, 1.54) is 0 Å². The van der Waals surface area contributed by atoms with Crippen LogP contribution in [-0.2, 0) is 23.1 Å². The molecule has 0 unspecified atom stereocenters. The van der Waals surface area contributed by atoms with Gasteiger partial charge < -0.3 is 4.57 Å². The van der Waals surface area contributed by atoms with Crippen LogP contribution in [0.1, 0.15) is 36.7 Å². The van der Waals surface area contributed by atoms with E-state index >= 15 is 0 Å². The van der Waals surface area contributed by atoms with Gasteiger partial charge in [0.25, 0.3) is 0 Å². The van der Waals surface area contributed by atoms with E-state index in [1.54, 1.807) is 24.4 Å². The third-order valence-electron chi connectivity index (χ3n) is 5.15. The molecule has 4 rings (SSSR count). The van der Waals surface area contributed by atoms with Crippen LogP contribution in [0.15, 0.2) is 71.8 Å². The summed E-state index contributed by atoms with van der Waals surface area (Å²) in [5.74, 6) is 0.901. The Hall–Kier alpha value is -2.74. The van der Waals surface area contributed by atoms with Crippen molar-refractivity contribution < 1.29 is 8.42 Å².